The highest BCUT2D eigenvalue weighted by atomic mass is 127. The summed E-state index contributed by atoms with van der Waals surface area (Å²) in [6, 6.07) is 26.0. The number of halogens is 1. The minimum atomic E-state index is 0. The maximum atomic E-state index is 5.74. The number of rotatable bonds is 8. The smallest absolute Gasteiger partial charge is 0.212 e. The first-order valence-electron chi connectivity index (χ1n) is 11.4. The van der Waals surface area contributed by atoms with Crippen LogP contribution in [-0.4, -0.2) is 31.5 Å². The lowest BCUT2D eigenvalue weighted by Gasteiger charge is -2.08. The topological polar surface area (TPSA) is 27.3 Å². The fraction of sp³-hybridized carbons (Fsp3) is 0.207. The van der Waals surface area contributed by atoms with E-state index in [1.807, 2.05) is 0 Å². The largest absolute Gasteiger partial charge is 1.00 e. The van der Waals surface area contributed by atoms with E-state index in [1.165, 1.54) is 43.8 Å². The molecule has 2 aromatic heterocycles. The summed E-state index contributed by atoms with van der Waals surface area (Å²) in [7, 11) is 3.78. The molecule has 2 heterocycles. The summed E-state index contributed by atoms with van der Waals surface area (Å²) in [5.74, 6) is 0. The number of methoxy groups -OCH3 is 1. The highest BCUT2D eigenvalue weighted by Gasteiger charge is 2.11. The van der Waals surface area contributed by atoms with Gasteiger partial charge in [-0.05, 0) is 35.4 Å². The predicted octanol–water partition coefficient (Wildman–Crippen LogP) is 2.61. The van der Waals surface area contributed by atoms with E-state index in [1.54, 1.807) is 7.11 Å². The monoisotopic (exact) mass is 564 g/mol. The molecule has 0 unspecified atom stereocenters. The number of hydrogen-bond donors (Lipinski definition) is 0. The van der Waals surface area contributed by atoms with Crippen molar-refractivity contribution in [1.82, 2.24) is 4.57 Å². The lowest BCUT2D eigenvalue weighted by Crippen LogP contribution is -3.00. The van der Waals surface area contributed by atoms with Gasteiger partial charge in [-0.3, -0.25) is 0 Å². The zero-order valence-corrected chi connectivity index (χ0v) is 21.7. The number of ether oxygens (including phenoxy) is 2. The van der Waals surface area contributed by atoms with E-state index in [9.17, 15) is 0 Å². The molecular formula is C29H29IN2O2. The maximum Gasteiger partial charge on any atom is 0.212 e. The SMILES string of the molecule is COCCOCCn1c2ccccc2c2cc(/C=C/c3cc[n+](C)c4ccccc34)ccc21.[I-]. The number of hydrogen-bond acceptors (Lipinski definition) is 2. The molecule has 3 aromatic carbocycles. The summed E-state index contributed by atoms with van der Waals surface area (Å²) < 4.78 is 15.3. The summed E-state index contributed by atoms with van der Waals surface area (Å²) in [6.07, 6.45) is 6.54. The van der Waals surface area contributed by atoms with Gasteiger partial charge in [0.05, 0.1) is 25.2 Å². The maximum absolute atomic E-state index is 5.74. The van der Waals surface area contributed by atoms with Crippen molar-refractivity contribution in [2.75, 3.05) is 26.9 Å². The predicted molar refractivity (Wildman–Crippen MR) is 136 cm³/mol. The van der Waals surface area contributed by atoms with Gasteiger partial charge >= 0.3 is 0 Å². The van der Waals surface area contributed by atoms with E-state index < -0.39 is 0 Å². The van der Waals surface area contributed by atoms with Crippen LogP contribution in [0.15, 0.2) is 79.0 Å². The molecular weight excluding hydrogens is 535 g/mol. The van der Waals surface area contributed by atoms with Crippen LogP contribution in [-0.2, 0) is 23.1 Å². The van der Waals surface area contributed by atoms with Crippen LogP contribution in [0.1, 0.15) is 11.1 Å². The van der Waals surface area contributed by atoms with Gasteiger partial charge in [0, 0.05) is 47.6 Å². The summed E-state index contributed by atoms with van der Waals surface area (Å²) in [5, 5.41) is 3.80. The van der Waals surface area contributed by atoms with E-state index in [2.05, 4.69) is 107 Å². The van der Waals surface area contributed by atoms with E-state index in [0.29, 0.717) is 19.8 Å². The minimum Gasteiger partial charge on any atom is -1.00 e. The number of nitrogens with zero attached hydrogens (tertiary/aromatic N) is 2. The molecule has 0 radical (unpaired) electrons. The zero-order valence-electron chi connectivity index (χ0n) is 19.6. The van der Waals surface area contributed by atoms with Gasteiger partial charge in [0.1, 0.15) is 7.05 Å². The molecule has 0 aliphatic heterocycles. The second kappa shape index (κ2) is 11.1. The number of benzene rings is 3. The van der Waals surface area contributed by atoms with E-state index in [0.717, 1.165) is 6.54 Å². The number of para-hydroxylation sites is 2. The van der Waals surface area contributed by atoms with Crippen molar-refractivity contribution in [1.29, 1.82) is 0 Å². The average Bonchev–Trinajstić information content (AvgIpc) is 3.17. The average molecular weight is 564 g/mol. The molecule has 0 aliphatic rings. The van der Waals surface area contributed by atoms with Gasteiger partial charge in [-0.15, -0.1) is 0 Å². The lowest BCUT2D eigenvalue weighted by atomic mass is 10.1. The third-order valence-electron chi connectivity index (χ3n) is 6.22. The van der Waals surface area contributed by atoms with Crippen molar-refractivity contribution in [2.24, 2.45) is 7.05 Å². The van der Waals surface area contributed by atoms with Crippen LogP contribution in [0, 0.1) is 0 Å². The number of pyridine rings is 1. The molecule has 0 spiro atoms. The van der Waals surface area contributed by atoms with E-state index in [4.69, 9.17) is 9.47 Å². The molecule has 5 aromatic rings. The van der Waals surface area contributed by atoms with Gasteiger partial charge in [0.25, 0.3) is 0 Å². The Morgan fingerprint density at radius 2 is 1.56 bits per heavy atom. The molecule has 5 rings (SSSR count). The molecule has 0 fully saturated rings. The van der Waals surface area contributed by atoms with Gasteiger partial charge < -0.3 is 38.0 Å². The van der Waals surface area contributed by atoms with Crippen LogP contribution >= 0.6 is 0 Å². The summed E-state index contributed by atoms with van der Waals surface area (Å²) >= 11 is 0. The molecule has 0 N–H and O–H groups in total. The molecule has 0 atom stereocenters. The van der Waals surface area contributed by atoms with Gasteiger partial charge in [0.2, 0.25) is 5.52 Å². The quantitative estimate of drug-likeness (QED) is 0.165. The highest BCUT2D eigenvalue weighted by Crippen LogP contribution is 2.30. The van der Waals surface area contributed by atoms with E-state index in [-0.39, 0.29) is 24.0 Å². The van der Waals surface area contributed by atoms with Crippen LogP contribution in [0.25, 0.3) is 44.9 Å². The van der Waals surface area contributed by atoms with Crippen molar-refractivity contribution in [3.63, 3.8) is 0 Å². The first-order chi connectivity index (χ1) is 16.3. The lowest BCUT2D eigenvalue weighted by molar-refractivity contribution is -0.644. The van der Waals surface area contributed by atoms with Crippen molar-refractivity contribution >= 4 is 44.9 Å². The zero-order chi connectivity index (χ0) is 22.6. The minimum absolute atomic E-state index is 0. The Labute approximate surface area is 217 Å². The first-order valence-corrected chi connectivity index (χ1v) is 11.4. The van der Waals surface area contributed by atoms with E-state index >= 15 is 0 Å². The normalized spacial score (nSPS) is 11.6. The second-order valence-electron chi connectivity index (χ2n) is 8.28. The van der Waals surface area contributed by atoms with Crippen molar-refractivity contribution < 1.29 is 38.0 Å². The van der Waals surface area contributed by atoms with Gasteiger partial charge in [0.15, 0.2) is 6.20 Å². The molecule has 174 valence electrons. The van der Waals surface area contributed by atoms with Crippen LogP contribution in [0.5, 0.6) is 0 Å². The highest BCUT2D eigenvalue weighted by molar-refractivity contribution is 6.08. The third-order valence-corrected chi connectivity index (χ3v) is 6.22. The molecule has 0 amide bonds. The Hall–Kier alpha value is -2.74. The summed E-state index contributed by atoms with van der Waals surface area (Å²) in [4.78, 5) is 0. The van der Waals surface area contributed by atoms with Crippen LogP contribution in [0.4, 0.5) is 0 Å². The molecule has 34 heavy (non-hydrogen) atoms. The van der Waals surface area contributed by atoms with Crippen LogP contribution in [0.2, 0.25) is 0 Å². The third kappa shape index (κ3) is 4.87. The molecule has 0 saturated heterocycles. The molecule has 0 aliphatic carbocycles. The Kier molecular flexibility index (Phi) is 7.98. The summed E-state index contributed by atoms with van der Waals surface area (Å²) in [6.45, 7) is 2.72. The van der Waals surface area contributed by atoms with Crippen molar-refractivity contribution in [3.05, 3.63) is 90.1 Å². The van der Waals surface area contributed by atoms with Crippen LogP contribution < -0.4 is 28.5 Å². The van der Waals surface area contributed by atoms with Gasteiger partial charge in [-0.25, -0.2) is 4.57 Å². The number of aryl methyl sites for hydroxylation is 1. The molecule has 0 saturated carbocycles. The fourth-order valence-corrected chi connectivity index (χ4v) is 4.53. The summed E-state index contributed by atoms with van der Waals surface area (Å²) in [5.41, 5.74) is 6.12. The standard InChI is InChI=1S/C29H29N2O2.HI/c1-30-16-15-23(24-7-3-5-9-27(24)30)13-11-22-12-14-29-26(21-22)25-8-4-6-10-28(25)31(29)17-18-33-20-19-32-2;/h3-16,21H,17-20H2,1-2H3;1H/q+1;/p-1. The second-order valence-corrected chi connectivity index (χ2v) is 8.28. The number of fused-ring (bicyclic) bond motifs is 4. The van der Waals surface area contributed by atoms with Crippen molar-refractivity contribution in [2.45, 2.75) is 6.54 Å². The molecule has 0 bridgehead atoms. The Morgan fingerprint density at radius 1 is 0.794 bits per heavy atom. The first kappa shape index (κ1) is 24.4. The Balaban J connectivity index is 0.00000274. The van der Waals surface area contributed by atoms with Gasteiger partial charge in [-0.2, -0.15) is 0 Å². The fourth-order valence-electron chi connectivity index (χ4n) is 4.53. The molecule has 4 nitrogen and oxygen atoms in total. The molecule has 5 heteroatoms. The number of aromatic nitrogens is 2. The van der Waals surface area contributed by atoms with Gasteiger partial charge in [-0.1, -0.05) is 48.6 Å². The van der Waals surface area contributed by atoms with Crippen molar-refractivity contribution in [3.8, 4) is 0 Å². The Bertz CT molecular complexity index is 1460. The Morgan fingerprint density at radius 3 is 2.41 bits per heavy atom. The van der Waals surface area contributed by atoms with Crippen LogP contribution in [0.3, 0.4) is 0 Å².